The van der Waals surface area contributed by atoms with E-state index in [-0.39, 0.29) is 18.6 Å². The molecule has 0 bridgehead atoms. The fourth-order valence-electron chi connectivity index (χ4n) is 2.63. The summed E-state index contributed by atoms with van der Waals surface area (Å²) in [6.07, 6.45) is 1.69. The van der Waals surface area contributed by atoms with Gasteiger partial charge in [-0.05, 0) is 5.56 Å². The molecular formula is C16H20N4O3. The molecule has 1 fully saturated rings. The number of carbonyl (C=O) groups is 1. The zero-order valence-corrected chi connectivity index (χ0v) is 13.1. The van der Waals surface area contributed by atoms with Gasteiger partial charge in [0.25, 0.3) is 0 Å². The van der Waals surface area contributed by atoms with Gasteiger partial charge < -0.3 is 14.4 Å². The third kappa shape index (κ3) is 3.75. The molecule has 1 aliphatic heterocycles. The molecule has 1 aromatic heterocycles. The van der Waals surface area contributed by atoms with Crippen LogP contribution in [-0.4, -0.2) is 59.0 Å². The number of amides is 1. The average molecular weight is 316 g/mol. The van der Waals surface area contributed by atoms with E-state index in [1.807, 2.05) is 30.3 Å². The highest BCUT2D eigenvalue weighted by atomic mass is 16.5. The van der Waals surface area contributed by atoms with Gasteiger partial charge in [-0.1, -0.05) is 30.3 Å². The van der Waals surface area contributed by atoms with E-state index >= 15 is 0 Å². The van der Waals surface area contributed by atoms with Crippen molar-refractivity contribution in [3.63, 3.8) is 0 Å². The second-order valence-electron chi connectivity index (χ2n) is 5.40. The molecule has 1 atom stereocenters. The van der Waals surface area contributed by atoms with Gasteiger partial charge in [0.2, 0.25) is 5.91 Å². The first kappa shape index (κ1) is 15.6. The molecule has 0 N–H and O–H groups in total. The maximum Gasteiger partial charge on any atom is 0.249 e. The van der Waals surface area contributed by atoms with Gasteiger partial charge >= 0.3 is 0 Å². The van der Waals surface area contributed by atoms with Crippen LogP contribution in [0.3, 0.4) is 0 Å². The number of morpholine rings is 1. The van der Waals surface area contributed by atoms with Gasteiger partial charge in [0, 0.05) is 13.7 Å². The van der Waals surface area contributed by atoms with E-state index in [2.05, 4.69) is 10.1 Å². The Kier molecular flexibility index (Phi) is 4.99. The highest BCUT2D eigenvalue weighted by molar-refractivity contribution is 5.78. The molecule has 1 saturated heterocycles. The summed E-state index contributed by atoms with van der Waals surface area (Å²) in [6, 6.07) is 9.79. The lowest BCUT2D eigenvalue weighted by atomic mass is 10.2. The molecule has 23 heavy (non-hydrogen) atoms. The van der Waals surface area contributed by atoms with E-state index in [0.29, 0.717) is 32.1 Å². The van der Waals surface area contributed by atoms with Crippen molar-refractivity contribution in [1.82, 2.24) is 19.7 Å². The van der Waals surface area contributed by atoms with E-state index in [1.54, 1.807) is 15.9 Å². The fourth-order valence-corrected chi connectivity index (χ4v) is 2.63. The SMILES string of the molecule is COCC(=O)N1CCOC[C@@H]1c1ncn(Cc2ccccc2)n1. The minimum atomic E-state index is -0.261. The maximum absolute atomic E-state index is 12.2. The van der Waals surface area contributed by atoms with Gasteiger partial charge in [-0.25, -0.2) is 9.67 Å². The number of hydrogen-bond donors (Lipinski definition) is 0. The van der Waals surface area contributed by atoms with E-state index in [0.717, 1.165) is 5.56 Å². The summed E-state index contributed by atoms with van der Waals surface area (Å²) in [5.74, 6) is 0.533. The molecule has 1 aliphatic rings. The molecule has 0 aliphatic carbocycles. The molecule has 0 saturated carbocycles. The lowest BCUT2D eigenvalue weighted by molar-refractivity contribution is -0.144. The van der Waals surface area contributed by atoms with Crippen LogP contribution in [0.15, 0.2) is 36.7 Å². The Balaban J connectivity index is 1.73. The Morgan fingerprint density at radius 1 is 1.39 bits per heavy atom. The predicted molar refractivity (Wildman–Crippen MR) is 82.7 cm³/mol. The summed E-state index contributed by atoms with van der Waals surface area (Å²) < 4.78 is 12.2. The minimum absolute atomic E-state index is 0.0568. The van der Waals surface area contributed by atoms with Crippen LogP contribution < -0.4 is 0 Å². The molecule has 1 amide bonds. The number of ether oxygens (including phenoxy) is 2. The van der Waals surface area contributed by atoms with Gasteiger partial charge in [0.1, 0.15) is 19.0 Å². The number of aromatic nitrogens is 3. The number of methoxy groups -OCH3 is 1. The number of benzene rings is 1. The van der Waals surface area contributed by atoms with Crippen molar-refractivity contribution in [2.24, 2.45) is 0 Å². The normalized spacial score (nSPS) is 18.1. The van der Waals surface area contributed by atoms with Crippen molar-refractivity contribution >= 4 is 5.91 Å². The van der Waals surface area contributed by atoms with Crippen LogP contribution in [-0.2, 0) is 20.8 Å². The first-order valence-electron chi connectivity index (χ1n) is 7.57. The third-order valence-corrected chi connectivity index (χ3v) is 3.76. The third-order valence-electron chi connectivity index (χ3n) is 3.76. The molecule has 0 spiro atoms. The molecule has 2 heterocycles. The molecule has 0 unspecified atom stereocenters. The van der Waals surface area contributed by atoms with Crippen molar-refractivity contribution in [3.05, 3.63) is 48.0 Å². The Morgan fingerprint density at radius 2 is 2.22 bits per heavy atom. The Morgan fingerprint density at radius 3 is 3.00 bits per heavy atom. The van der Waals surface area contributed by atoms with Crippen molar-refractivity contribution in [2.45, 2.75) is 12.6 Å². The number of rotatable bonds is 5. The van der Waals surface area contributed by atoms with Crippen LogP contribution in [0.25, 0.3) is 0 Å². The zero-order chi connectivity index (χ0) is 16.1. The lowest BCUT2D eigenvalue weighted by Gasteiger charge is -2.33. The first-order chi connectivity index (χ1) is 11.3. The molecule has 3 rings (SSSR count). The maximum atomic E-state index is 12.2. The lowest BCUT2D eigenvalue weighted by Crippen LogP contribution is -2.45. The Bertz CT molecular complexity index is 644. The van der Waals surface area contributed by atoms with E-state index in [4.69, 9.17) is 9.47 Å². The zero-order valence-electron chi connectivity index (χ0n) is 13.1. The quantitative estimate of drug-likeness (QED) is 0.819. The largest absolute Gasteiger partial charge is 0.377 e. The fraction of sp³-hybridized carbons (Fsp3) is 0.438. The molecule has 0 radical (unpaired) electrons. The van der Waals surface area contributed by atoms with Crippen LogP contribution in [0, 0.1) is 0 Å². The van der Waals surface area contributed by atoms with Gasteiger partial charge in [-0.2, -0.15) is 5.10 Å². The van der Waals surface area contributed by atoms with Gasteiger partial charge in [0.15, 0.2) is 5.82 Å². The number of carbonyl (C=O) groups excluding carboxylic acids is 1. The minimum Gasteiger partial charge on any atom is -0.377 e. The Hall–Kier alpha value is -2.25. The van der Waals surface area contributed by atoms with E-state index in [9.17, 15) is 4.79 Å². The van der Waals surface area contributed by atoms with Crippen LogP contribution in [0.4, 0.5) is 0 Å². The Labute approximate surface area is 134 Å². The molecule has 122 valence electrons. The molecule has 1 aromatic carbocycles. The van der Waals surface area contributed by atoms with Crippen molar-refractivity contribution < 1.29 is 14.3 Å². The predicted octanol–water partition coefficient (Wildman–Crippen LogP) is 0.873. The highest BCUT2D eigenvalue weighted by Crippen LogP contribution is 2.21. The average Bonchev–Trinajstić information content (AvgIpc) is 3.04. The number of nitrogens with zero attached hydrogens (tertiary/aromatic N) is 4. The van der Waals surface area contributed by atoms with Crippen molar-refractivity contribution in [3.8, 4) is 0 Å². The summed E-state index contributed by atoms with van der Waals surface area (Å²) >= 11 is 0. The second kappa shape index (κ2) is 7.34. The first-order valence-corrected chi connectivity index (χ1v) is 7.57. The van der Waals surface area contributed by atoms with E-state index in [1.165, 1.54) is 7.11 Å². The van der Waals surface area contributed by atoms with Gasteiger partial charge in [-0.15, -0.1) is 0 Å². The second-order valence-corrected chi connectivity index (χ2v) is 5.40. The molecular weight excluding hydrogens is 296 g/mol. The van der Waals surface area contributed by atoms with Crippen molar-refractivity contribution in [2.75, 3.05) is 33.5 Å². The number of hydrogen-bond acceptors (Lipinski definition) is 5. The molecule has 2 aromatic rings. The summed E-state index contributed by atoms with van der Waals surface area (Å²) in [4.78, 5) is 18.3. The van der Waals surface area contributed by atoms with Crippen LogP contribution in [0.5, 0.6) is 0 Å². The highest BCUT2D eigenvalue weighted by Gasteiger charge is 2.31. The summed E-state index contributed by atoms with van der Waals surface area (Å²) in [6.45, 7) is 2.16. The monoisotopic (exact) mass is 316 g/mol. The van der Waals surface area contributed by atoms with Crippen LogP contribution in [0.2, 0.25) is 0 Å². The van der Waals surface area contributed by atoms with Gasteiger partial charge in [-0.3, -0.25) is 4.79 Å². The topological polar surface area (TPSA) is 69.5 Å². The smallest absolute Gasteiger partial charge is 0.249 e. The van der Waals surface area contributed by atoms with Crippen molar-refractivity contribution in [1.29, 1.82) is 0 Å². The summed E-state index contributed by atoms with van der Waals surface area (Å²) in [5.41, 5.74) is 1.15. The van der Waals surface area contributed by atoms with Crippen LogP contribution >= 0.6 is 0 Å². The van der Waals surface area contributed by atoms with Gasteiger partial charge in [0.05, 0.1) is 19.8 Å². The molecule has 7 heteroatoms. The molecule has 7 nitrogen and oxygen atoms in total. The van der Waals surface area contributed by atoms with Crippen LogP contribution in [0.1, 0.15) is 17.4 Å². The summed E-state index contributed by atoms with van der Waals surface area (Å²) in [7, 11) is 1.51. The van der Waals surface area contributed by atoms with E-state index < -0.39 is 0 Å². The summed E-state index contributed by atoms with van der Waals surface area (Å²) in [5, 5.41) is 4.51. The standard InChI is InChI=1S/C16H20N4O3/c1-22-11-15(21)20-7-8-23-10-14(20)16-17-12-19(18-16)9-13-5-3-2-4-6-13/h2-6,12,14H,7-11H2,1H3/t14-/m1/s1.